The van der Waals surface area contributed by atoms with Gasteiger partial charge in [-0.05, 0) is 25.5 Å². The molecule has 23 heavy (non-hydrogen) atoms. The summed E-state index contributed by atoms with van der Waals surface area (Å²) in [6, 6.07) is 1.99. The largest absolute Gasteiger partial charge is 0.477 e. The highest BCUT2D eigenvalue weighted by Gasteiger charge is 2.59. The normalized spacial score (nSPS) is 35.0. The lowest BCUT2D eigenvalue weighted by Gasteiger charge is -2.46. The number of hydrogen-bond donors (Lipinski definition) is 2. The van der Waals surface area contributed by atoms with Crippen molar-refractivity contribution in [3.8, 4) is 6.07 Å². The van der Waals surface area contributed by atoms with Crippen molar-refractivity contribution >= 4 is 11.9 Å². The van der Waals surface area contributed by atoms with Crippen molar-refractivity contribution in [3.05, 3.63) is 11.3 Å². The number of carboxylic acids is 1. The Bertz CT molecular complexity index is 621. The molecule has 0 aliphatic carbocycles. The molecule has 0 aromatic carbocycles. The second kappa shape index (κ2) is 5.62. The molecule has 1 amide bonds. The molecule has 3 aliphatic rings. The Hall–Kier alpha value is -1.91. The van der Waals surface area contributed by atoms with Gasteiger partial charge < -0.3 is 15.1 Å². The number of hydrogen-bond acceptors (Lipinski definition) is 5. The third-order valence-electron chi connectivity index (χ3n) is 5.37. The van der Waals surface area contributed by atoms with E-state index in [1.807, 2.05) is 6.92 Å². The van der Waals surface area contributed by atoms with Crippen molar-refractivity contribution in [2.24, 2.45) is 17.8 Å². The van der Waals surface area contributed by atoms with Crippen LogP contribution in [-0.4, -0.2) is 63.7 Å². The second-order valence-electron chi connectivity index (χ2n) is 6.78. The first-order valence-electron chi connectivity index (χ1n) is 7.96. The SMILES string of the molecule is C[C@@H](O)C1C(=O)N2C(C(=O)O)=C(CN3CC[C@H](C#N)C3)[C@H](C)[C@H]12. The smallest absolute Gasteiger partial charge is 0.352 e. The minimum absolute atomic E-state index is 0.00976. The monoisotopic (exact) mass is 319 g/mol. The highest BCUT2D eigenvalue weighted by molar-refractivity contribution is 6.00. The predicted molar refractivity (Wildman–Crippen MR) is 79.8 cm³/mol. The number of aliphatic hydroxyl groups excluding tert-OH is 1. The van der Waals surface area contributed by atoms with Crippen LogP contribution in [0.25, 0.3) is 0 Å². The number of β-lactam (4-membered cyclic amide) rings is 1. The van der Waals surface area contributed by atoms with E-state index in [1.165, 1.54) is 4.90 Å². The molecule has 0 bridgehead atoms. The average molecular weight is 319 g/mol. The summed E-state index contributed by atoms with van der Waals surface area (Å²) in [5.74, 6) is -2.03. The van der Waals surface area contributed by atoms with Crippen LogP contribution in [0.4, 0.5) is 0 Å². The number of nitrogens with zero attached hydrogens (tertiary/aromatic N) is 3. The lowest BCUT2D eigenvalue weighted by atomic mass is 9.77. The third kappa shape index (κ3) is 2.33. The van der Waals surface area contributed by atoms with Gasteiger partial charge >= 0.3 is 5.97 Å². The Labute approximate surface area is 134 Å². The maximum atomic E-state index is 12.2. The van der Waals surface area contributed by atoms with Gasteiger partial charge in [0.05, 0.1) is 30.1 Å². The van der Waals surface area contributed by atoms with Crippen LogP contribution >= 0.6 is 0 Å². The molecule has 3 aliphatic heterocycles. The summed E-state index contributed by atoms with van der Waals surface area (Å²) in [5.41, 5.74) is 0.808. The molecular formula is C16H21N3O4. The minimum atomic E-state index is -1.09. The van der Waals surface area contributed by atoms with Gasteiger partial charge in [-0.3, -0.25) is 9.69 Å². The van der Waals surface area contributed by atoms with Crippen LogP contribution in [-0.2, 0) is 9.59 Å². The number of nitriles is 1. The summed E-state index contributed by atoms with van der Waals surface area (Å²) in [5, 5.41) is 28.4. The number of likely N-dealkylation sites (tertiary alicyclic amines) is 1. The highest BCUT2D eigenvalue weighted by atomic mass is 16.4. The molecule has 124 valence electrons. The third-order valence-corrected chi connectivity index (χ3v) is 5.37. The summed E-state index contributed by atoms with van der Waals surface area (Å²) in [6.45, 7) is 5.36. The van der Waals surface area contributed by atoms with E-state index < -0.39 is 18.0 Å². The molecule has 0 aromatic rings. The van der Waals surface area contributed by atoms with Crippen LogP contribution in [0.1, 0.15) is 20.3 Å². The van der Waals surface area contributed by atoms with E-state index in [2.05, 4.69) is 11.0 Å². The summed E-state index contributed by atoms with van der Waals surface area (Å²) < 4.78 is 0. The molecule has 0 aromatic heterocycles. The van der Waals surface area contributed by atoms with Crippen molar-refractivity contribution in [3.63, 3.8) is 0 Å². The summed E-state index contributed by atoms with van der Waals surface area (Å²) in [7, 11) is 0. The van der Waals surface area contributed by atoms with Gasteiger partial charge in [0, 0.05) is 19.0 Å². The first kappa shape index (κ1) is 16.0. The number of carbonyl (C=O) groups is 2. The Morgan fingerprint density at radius 1 is 1.52 bits per heavy atom. The average Bonchev–Trinajstić information content (AvgIpc) is 3.02. The summed E-state index contributed by atoms with van der Waals surface area (Å²) >= 11 is 0. The molecule has 0 saturated carbocycles. The Kier molecular flexibility index (Phi) is 3.90. The number of carbonyl (C=O) groups excluding carboxylic acids is 1. The van der Waals surface area contributed by atoms with Crippen LogP contribution in [0.5, 0.6) is 0 Å². The van der Waals surface area contributed by atoms with E-state index >= 15 is 0 Å². The maximum absolute atomic E-state index is 12.2. The van der Waals surface area contributed by atoms with Crippen LogP contribution < -0.4 is 0 Å². The summed E-state index contributed by atoms with van der Waals surface area (Å²) in [4.78, 5) is 27.3. The van der Waals surface area contributed by atoms with Gasteiger partial charge in [-0.15, -0.1) is 0 Å². The van der Waals surface area contributed by atoms with Gasteiger partial charge in [-0.2, -0.15) is 5.26 Å². The standard InChI is InChI=1S/C16H21N3O4/c1-8-11(7-18-4-3-10(5-17)6-18)14(16(22)23)19-13(8)12(9(2)20)15(19)21/h8-10,12-13,20H,3-4,6-7H2,1-2H3,(H,22,23)/t8-,9+,10+,12?,13+/m0/s1. The fraction of sp³-hybridized carbons (Fsp3) is 0.688. The summed E-state index contributed by atoms with van der Waals surface area (Å²) in [6.07, 6.45) is 0.0125. The molecule has 0 spiro atoms. The Morgan fingerprint density at radius 3 is 2.74 bits per heavy atom. The van der Waals surface area contributed by atoms with E-state index in [9.17, 15) is 19.8 Å². The van der Waals surface area contributed by atoms with Gasteiger partial charge in [-0.25, -0.2) is 4.79 Å². The van der Waals surface area contributed by atoms with E-state index in [0.29, 0.717) is 13.1 Å². The Morgan fingerprint density at radius 2 is 2.22 bits per heavy atom. The second-order valence-corrected chi connectivity index (χ2v) is 6.78. The van der Waals surface area contributed by atoms with Crippen LogP contribution in [0.15, 0.2) is 11.3 Å². The molecule has 1 unspecified atom stereocenters. The molecule has 2 N–H and O–H groups in total. The molecule has 2 saturated heterocycles. The van der Waals surface area contributed by atoms with Gasteiger partial charge in [0.1, 0.15) is 5.70 Å². The molecule has 5 atom stereocenters. The fourth-order valence-electron chi connectivity index (χ4n) is 4.18. The number of carboxylic acid groups (broad SMARTS) is 1. The van der Waals surface area contributed by atoms with E-state index in [-0.39, 0.29) is 29.5 Å². The van der Waals surface area contributed by atoms with Crippen LogP contribution in [0.3, 0.4) is 0 Å². The zero-order chi connectivity index (χ0) is 16.9. The van der Waals surface area contributed by atoms with Gasteiger partial charge in [0.2, 0.25) is 5.91 Å². The molecule has 3 rings (SSSR count). The molecular weight excluding hydrogens is 298 g/mol. The molecule has 7 heteroatoms. The van der Waals surface area contributed by atoms with Crippen LogP contribution in [0.2, 0.25) is 0 Å². The molecule has 3 heterocycles. The van der Waals surface area contributed by atoms with Gasteiger partial charge in [0.25, 0.3) is 0 Å². The molecule has 7 nitrogen and oxygen atoms in total. The topological polar surface area (TPSA) is 105 Å². The molecule has 2 fully saturated rings. The van der Waals surface area contributed by atoms with Crippen LogP contribution in [0, 0.1) is 29.1 Å². The van der Waals surface area contributed by atoms with E-state index in [4.69, 9.17) is 5.26 Å². The maximum Gasteiger partial charge on any atom is 0.352 e. The van der Waals surface area contributed by atoms with E-state index in [0.717, 1.165) is 18.5 Å². The van der Waals surface area contributed by atoms with Crippen molar-refractivity contribution in [1.82, 2.24) is 9.80 Å². The van der Waals surface area contributed by atoms with Gasteiger partial charge in [-0.1, -0.05) is 6.92 Å². The first-order chi connectivity index (χ1) is 10.9. The Balaban J connectivity index is 1.85. The van der Waals surface area contributed by atoms with E-state index in [1.54, 1.807) is 6.92 Å². The number of fused-ring (bicyclic) bond motifs is 1. The number of amides is 1. The predicted octanol–water partition coefficient (Wildman–Crippen LogP) is 0.0281. The number of aliphatic carboxylic acids is 1. The lowest BCUT2D eigenvalue weighted by molar-refractivity contribution is -0.163. The molecule has 0 radical (unpaired) electrons. The number of rotatable bonds is 4. The van der Waals surface area contributed by atoms with Crippen molar-refractivity contribution in [2.75, 3.05) is 19.6 Å². The minimum Gasteiger partial charge on any atom is -0.477 e. The zero-order valence-corrected chi connectivity index (χ0v) is 13.3. The van der Waals surface area contributed by atoms with Crippen molar-refractivity contribution in [2.45, 2.75) is 32.4 Å². The fourth-order valence-corrected chi connectivity index (χ4v) is 4.18. The number of aliphatic hydroxyl groups is 1. The quantitative estimate of drug-likeness (QED) is 0.708. The highest BCUT2D eigenvalue weighted by Crippen LogP contribution is 2.47. The zero-order valence-electron chi connectivity index (χ0n) is 13.3. The van der Waals surface area contributed by atoms with Crippen molar-refractivity contribution in [1.29, 1.82) is 5.26 Å². The van der Waals surface area contributed by atoms with Crippen molar-refractivity contribution < 1.29 is 19.8 Å². The van der Waals surface area contributed by atoms with Gasteiger partial charge in [0.15, 0.2) is 0 Å². The first-order valence-corrected chi connectivity index (χ1v) is 7.96. The lowest BCUT2D eigenvalue weighted by Crippen LogP contribution is -2.63.